The van der Waals surface area contributed by atoms with E-state index in [-0.39, 0.29) is 0 Å². The van der Waals surface area contributed by atoms with Crippen molar-refractivity contribution < 1.29 is 0 Å². The lowest BCUT2D eigenvalue weighted by molar-refractivity contribution is 1.02. The number of nitrogens with one attached hydrogen (secondary N) is 1. The summed E-state index contributed by atoms with van der Waals surface area (Å²) >= 11 is 3.40. The van der Waals surface area contributed by atoms with Crippen LogP contribution in [0, 0.1) is 0 Å². The van der Waals surface area contributed by atoms with Crippen molar-refractivity contribution in [2.75, 3.05) is 0 Å². The van der Waals surface area contributed by atoms with Gasteiger partial charge < -0.3 is 4.98 Å². The SMILES string of the molecule is CC(Sc1nc2cc3ccccc3cc2[nH]1)c1nccs1. The molecule has 0 spiro atoms. The van der Waals surface area contributed by atoms with Crippen LogP contribution in [0.3, 0.4) is 0 Å². The first-order valence-corrected chi connectivity index (χ1v) is 8.50. The first-order chi connectivity index (χ1) is 10.3. The standard InChI is InChI=1S/C16H13N3S2/c1-10(15-17-6-7-20-15)21-16-18-13-8-11-4-2-3-5-12(11)9-14(13)19-16/h2-10H,1H3,(H,18,19). The summed E-state index contributed by atoms with van der Waals surface area (Å²) in [4.78, 5) is 12.5. The van der Waals surface area contributed by atoms with Gasteiger partial charge in [-0.05, 0) is 29.8 Å². The summed E-state index contributed by atoms with van der Waals surface area (Å²) < 4.78 is 0. The minimum Gasteiger partial charge on any atom is -0.333 e. The molecule has 2 heterocycles. The number of thiazole rings is 1. The van der Waals surface area contributed by atoms with Crippen LogP contribution in [0.15, 0.2) is 53.1 Å². The van der Waals surface area contributed by atoms with E-state index in [0.717, 1.165) is 21.2 Å². The first kappa shape index (κ1) is 12.9. The van der Waals surface area contributed by atoms with Crippen molar-refractivity contribution in [3.8, 4) is 0 Å². The smallest absolute Gasteiger partial charge is 0.167 e. The number of thioether (sulfide) groups is 1. The molecule has 104 valence electrons. The predicted octanol–water partition coefficient (Wildman–Crippen LogP) is 5.03. The Morgan fingerprint density at radius 3 is 2.76 bits per heavy atom. The van der Waals surface area contributed by atoms with Crippen molar-refractivity contribution in [1.82, 2.24) is 15.0 Å². The summed E-state index contributed by atoms with van der Waals surface area (Å²) in [6.45, 7) is 2.16. The molecule has 0 amide bonds. The quantitative estimate of drug-likeness (QED) is 0.540. The minimum atomic E-state index is 0.306. The molecule has 1 atom stereocenters. The summed E-state index contributed by atoms with van der Waals surface area (Å²) in [6.07, 6.45) is 1.85. The number of rotatable bonds is 3. The van der Waals surface area contributed by atoms with Gasteiger partial charge in [0.05, 0.1) is 16.3 Å². The Morgan fingerprint density at radius 1 is 1.19 bits per heavy atom. The van der Waals surface area contributed by atoms with Gasteiger partial charge in [0.2, 0.25) is 0 Å². The molecule has 0 aliphatic heterocycles. The normalized spacial score (nSPS) is 13.0. The van der Waals surface area contributed by atoms with Gasteiger partial charge in [0.1, 0.15) is 5.01 Å². The van der Waals surface area contributed by atoms with E-state index in [1.807, 2.05) is 11.6 Å². The molecule has 4 rings (SSSR count). The highest BCUT2D eigenvalue weighted by atomic mass is 32.2. The zero-order valence-electron chi connectivity index (χ0n) is 11.4. The first-order valence-electron chi connectivity index (χ1n) is 6.74. The summed E-state index contributed by atoms with van der Waals surface area (Å²) in [5.74, 6) is 0. The van der Waals surface area contributed by atoms with Crippen LogP contribution >= 0.6 is 23.1 Å². The van der Waals surface area contributed by atoms with Crippen LogP contribution in [0.1, 0.15) is 17.2 Å². The van der Waals surface area contributed by atoms with Crippen LogP contribution in [-0.4, -0.2) is 15.0 Å². The minimum absolute atomic E-state index is 0.306. The Kier molecular flexibility index (Phi) is 3.16. The van der Waals surface area contributed by atoms with E-state index in [9.17, 15) is 0 Å². The molecule has 0 aliphatic carbocycles. The summed E-state index contributed by atoms with van der Waals surface area (Å²) in [7, 11) is 0. The van der Waals surface area contributed by atoms with Crippen LogP contribution in [-0.2, 0) is 0 Å². The average Bonchev–Trinajstić information content (AvgIpc) is 3.13. The molecule has 2 aromatic carbocycles. The fourth-order valence-electron chi connectivity index (χ4n) is 2.38. The maximum atomic E-state index is 4.70. The molecule has 0 bridgehead atoms. The molecule has 0 saturated carbocycles. The second kappa shape index (κ2) is 5.16. The largest absolute Gasteiger partial charge is 0.333 e. The molecule has 1 N–H and O–H groups in total. The van der Waals surface area contributed by atoms with Crippen molar-refractivity contribution in [2.45, 2.75) is 17.3 Å². The molecule has 1 unspecified atom stereocenters. The fourth-order valence-corrected chi connectivity index (χ4v) is 4.08. The molecule has 3 nitrogen and oxygen atoms in total. The van der Waals surface area contributed by atoms with Crippen molar-refractivity contribution in [3.05, 3.63) is 53.0 Å². The van der Waals surface area contributed by atoms with E-state index in [1.165, 1.54) is 10.8 Å². The van der Waals surface area contributed by atoms with Gasteiger partial charge in [-0.3, -0.25) is 0 Å². The van der Waals surface area contributed by atoms with Gasteiger partial charge in [0.25, 0.3) is 0 Å². The second-order valence-corrected chi connectivity index (χ2v) is 7.14. The lowest BCUT2D eigenvalue weighted by Gasteiger charge is -2.04. The number of aromatic nitrogens is 3. The number of hydrogen-bond acceptors (Lipinski definition) is 4. The molecule has 0 radical (unpaired) electrons. The van der Waals surface area contributed by atoms with E-state index >= 15 is 0 Å². The second-order valence-electron chi connectivity index (χ2n) is 4.89. The highest BCUT2D eigenvalue weighted by Gasteiger charge is 2.13. The van der Waals surface area contributed by atoms with E-state index < -0.39 is 0 Å². The van der Waals surface area contributed by atoms with E-state index in [1.54, 1.807) is 23.1 Å². The molecule has 2 aromatic heterocycles. The van der Waals surface area contributed by atoms with Crippen LogP contribution in [0.2, 0.25) is 0 Å². The van der Waals surface area contributed by atoms with Gasteiger partial charge in [-0.15, -0.1) is 11.3 Å². The number of H-pyrrole nitrogens is 1. The summed E-state index contributed by atoms with van der Waals surface area (Å²) in [5, 5.41) is 6.85. The number of nitrogens with zero attached hydrogens (tertiary/aromatic N) is 2. The summed E-state index contributed by atoms with van der Waals surface area (Å²) in [6, 6.07) is 12.7. The van der Waals surface area contributed by atoms with Gasteiger partial charge in [0, 0.05) is 11.6 Å². The fraction of sp³-hybridized carbons (Fsp3) is 0.125. The molecule has 5 heteroatoms. The highest BCUT2D eigenvalue weighted by molar-refractivity contribution is 7.99. The lowest BCUT2D eigenvalue weighted by Crippen LogP contribution is -1.87. The predicted molar refractivity (Wildman–Crippen MR) is 90.0 cm³/mol. The number of hydrogen-bond donors (Lipinski definition) is 1. The van der Waals surface area contributed by atoms with E-state index in [0.29, 0.717) is 5.25 Å². The van der Waals surface area contributed by atoms with Crippen LogP contribution in [0.25, 0.3) is 21.8 Å². The topological polar surface area (TPSA) is 41.6 Å². The van der Waals surface area contributed by atoms with Crippen LogP contribution in [0.5, 0.6) is 0 Å². The molecule has 4 aromatic rings. The van der Waals surface area contributed by atoms with Crippen LogP contribution in [0.4, 0.5) is 0 Å². The van der Waals surface area contributed by atoms with Crippen LogP contribution < -0.4 is 0 Å². The van der Waals surface area contributed by atoms with Crippen molar-refractivity contribution in [3.63, 3.8) is 0 Å². The number of fused-ring (bicyclic) bond motifs is 2. The Bertz CT molecular complexity index is 844. The third-order valence-corrected chi connectivity index (χ3v) is 5.52. The molecule has 0 saturated heterocycles. The van der Waals surface area contributed by atoms with Gasteiger partial charge in [-0.25, -0.2) is 9.97 Å². The number of imidazole rings is 1. The third kappa shape index (κ3) is 2.43. The maximum absolute atomic E-state index is 4.70. The molecular formula is C16H13N3S2. The van der Waals surface area contributed by atoms with Crippen molar-refractivity contribution in [1.29, 1.82) is 0 Å². The van der Waals surface area contributed by atoms with Gasteiger partial charge in [0.15, 0.2) is 5.16 Å². The molecular weight excluding hydrogens is 298 g/mol. The van der Waals surface area contributed by atoms with E-state index in [2.05, 4.69) is 53.3 Å². The molecule has 0 aliphatic rings. The molecule has 21 heavy (non-hydrogen) atoms. The molecule has 0 fully saturated rings. The van der Waals surface area contributed by atoms with Gasteiger partial charge >= 0.3 is 0 Å². The average molecular weight is 311 g/mol. The summed E-state index contributed by atoms with van der Waals surface area (Å²) in [5.41, 5.74) is 2.10. The maximum Gasteiger partial charge on any atom is 0.167 e. The highest BCUT2D eigenvalue weighted by Crippen LogP contribution is 2.35. The Hall–Kier alpha value is -1.85. The number of benzene rings is 2. The van der Waals surface area contributed by atoms with Gasteiger partial charge in [-0.2, -0.15) is 0 Å². The number of aromatic amines is 1. The van der Waals surface area contributed by atoms with Crippen molar-refractivity contribution in [2.24, 2.45) is 0 Å². The Labute approximate surface area is 130 Å². The zero-order chi connectivity index (χ0) is 14.2. The lowest BCUT2D eigenvalue weighted by atomic mass is 10.1. The van der Waals surface area contributed by atoms with Gasteiger partial charge in [-0.1, -0.05) is 36.0 Å². The monoisotopic (exact) mass is 311 g/mol. The van der Waals surface area contributed by atoms with Crippen molar-refractivity contribution >= 4 is 44.9 Å². The third-order valence-electron chi connectivity index (χ3n) is 3.42. The Morgan fingerprint density at radius 2 is 2.00 bits per heavy atom. The zero-order valence-corrected chi connectivity index (χ0v) is 13.0. The van der Waals surface area contributed by atoms with E-state index in [4.69, 9.17) is 4.98 Å². The Balaban J connectivity index is 1.71.